The van der Waals surface area contributed by atoms with E-state index in [2.05, 4.69) is 33.5 Å². The van der Waals surface area contributed by atoms with Crippen molar-refractivity contribution < 1.29 is 4.39 Å². The standard InChI is InChI=1S/C16H18BrFN2S/c1-11-7-14(18)6-5-12(11)8-15(20-19)10-21-16-4-2-3-13(17)9-16/h2-7,9,15,20H,8,10,19H2,1H3. The Labute approximate surface area is 137 Å². The quantitative estimate of drug-likeness (QED) is 0.458. The molecule has 0 fully saturated rings. The summed E-state index contributed by atoms with van der Waals surface area (Å²) in [4.78, 5) is 1.19. The second-order valence-corrected chi connectivity index (χ2v) is 6.92. The van der Waals surface area contributed by atoms with E-state index in [1.54, 1.807) is 17.8 Å². The van der Waals surface area contributed by atoms with Crippen molar-refractivity contribution in [3.63, 3.8) is 0 Å². The van der Waals surface area contributed by atoms with Crippen molar-refractivity contribution in [2.24, 2.45) is 5.84 Å². The summed E-state index contributed by atoms with van der Waals surface area (Å²) in [6.07, 6.45) is 0.781. The van der Waals surface area contributed by atoms with Crippen LogP contribution in [0.5, 0.6) is 0 Å². The molecule has 0 aliphatic rings. The van der Waals surface area contributed by atoms with Gasteiger partial charge >= 0.3 is 0 Å². The summed E-state index contributed by atoms with van der Waals surface area (Å²) in [6.45, 7) is 1.92. The fraction of sp³-hybridized carbons (Fsp3) is 0.250. The molecule has 21 heavy (non-hydrogen) atoms. The normalized spacial score (nSPS) is 12.4. The third-order valence-electron chi connectivity index (χ3n) is 3.25. The van der Waals surface area contributed by atoms with E-state index in [-0.39, 0.29) is 11.9 Å². The summed E-state index contributed by atoms with van der Waals surface area (Å²) in [5.41, 5.74) is 4.93. The average molecular weight is 369 g/mol. The van der Waals surface area contributed by atoms with Crippen LogP contribution in [0.1, 0.15) is 11.1 Å². The highest BCUT2D eigenvalue weighted by atomic mass is 79.9. The summed E-state index contributed by atoms with van der Waals surface area (Å²) < 4.78 is 14.2. The van der Waals surface area contributed by atoms with Gasteiger partial charge < -0.3 is 0 Å². The van der Waals surface area contributed by atoms with E-state index in [9.17, 15) is 4.39 Å². The van der Waals surface area contributed by atoms with Crippen LogP contribution in [0.2, 0.25) is 0 Å². The summed E-state index contributed by atoms with van der Waals surface area (Å²) in [7, 11) is 0. The van der Waals surface area contributed by atoms with Gasteiger partial charge in [-0.2, -0.15) is 0 Å². The zero-order chi connectivity index (χ0) is 15.2. The van der Waals surface area contributed by atoms with Crippen molar-refractivity contribution >= 4 is 27.7 Å². The van der Waals surface area contributed by atoms with E-state index in [0.29, 0.717) is 0 Å². The molecule has 2 aromatic rings. The van der Waals surface area contributed by atoms with Crippen LogP contribution in [-0.2, 0) is 6.42 Å². The van der Waals surface area contributed by atoms with Crippen molar-refractivity contribution in [2.45, 2.75) is 24.3 Å². The Morgan fingerprint density at radius 1 is 1.29 bits per heavy atom. The number of hydrogen-bond donors (Lipinski definition) is 2. The molecule has 1 unspecified atom stereocenters. The number of nitrogens with two attached hydrogens (primary N) is 1. The first-order valence-electron chi connectivity index (χ1n) is 6.68. The molecular formula is C16H18BrFN2S. The van der Waals surface area contributed by atoms with Crippen molar-refractivity contribution in [3.8, 4) is 0 Å². The first-order chi connectivity index (χ1) is 10.1. The summed E-state index contributed by atoms with van der Waals surface area (Å²) in [5.74, 6) is 6.30. The number of hydrazine groups is 1. The molecule has 2 nitrogen and oxygen atoms in total. The molecule has 0 aliphatic heterocycles. The lowest BCUT2D eigenvalue weighted by Crippen LogP contribution is -2.38. The average Bonchev–Trinajstić information content (AvgIpc) is 2.45. The monoisotopic (exact) mass is 368 g/mol. The second kappa shape index (κ2) is 7.94. The van der Waals surface area contributed by atoms with Crippen LogP contribution >= 0.6 is 27.7 Å². The van der Waals surface area contributed by atoms with Crippen molar-refractivity contribution in [3.05, 3.63) is 63.9 Å². The van der Waals surface area contributed by atoms with Gasteiger partial charge in [0.2, 0.25) is 0 Å². The number of nitrogens with one attached hydrogen (secondary N) is 1. The van der Waals surface area contributed by atoms with Crippen LogP contribution in [0.25, 0.3) is 0 Å². The Hall–Kier alpha value is -0.880. The summed E-state index contributed by atoms with van der Waals surface area (Å²) in [5, 5.41) is 0. The number of aryl methyl sites for hydroxylation is 1. The van der Waals surface area contributed by atoms with Crippen LogP contribution in [0.4, 0.5) is 4.39 Å². The van der Waals surface area contributed by atoms with Crippen molar-refractivity contribution in [1.29, 1.82) is 0 Å². The minimum absolute atomic E-state index is 0.137. The van der Waals surface area contributed by atoms with Crippen LogP contribution in [0.3, 0.4) is 0 Å². The number of hydrogen-bond acceptors (Lipinski definition) is 3. The largest absolute Gasteiger partial charge is 0.271 e. The molecule has 0 heterocycles. The molecule has 0 radical (unpaired) electrons. The van der Waals surface area contributed by atoms with E-state index in [1.165, 1.54) is 11.0 Å². The Balaban J connectivity index is 1.97. The van der Waals surface area contributed by atoms with Gasteiger partial charge in [0.15, 0.2) is 0 Å². The predicted octanol–water partition coefficient (Wildman–Crippen LogP) is 4.06. The van der Waals surface area contributed by atoms with Gasteiger partial charge in [-0.1, -0.05) is 28.1 Å². The van der Waals surface area contributed by atoms with Crippen molar-refractivity contribution in [1.82, 2.24) is 5.43 Å². The summed E-state index contributed by atoms with van der Waals surface area (Å²) in [6, 6.07) is 13.2. The van der Waals surface area contributed by atoms with E-state index in [0.717, 1.165) is 27.8 Å². The lowest BCUT2D eigenvalue weighted by Gasteiger charge is -2.17. The Morgan fingerprint density at radius 2 is 2.10 bits per heavy atom. The lowest BCUT2D eigenvalue weighted by atomic mass is 10.0. The molecular weight excluding hydrogens is 351 g/mol. The minimum Gasteiger partial charge on any atom is -0.271 e. The molecule has 3 N–H and O–H groups in total. The van der Waals surface area contributed by atoms with Gasteiger partial charge in [0.25, 0.3) is 0 Å². The number of benzene rings is 2. The van der Waals surface area contributed by atoms with E-state index in [4.69, 9.17) is 5.84 Å². The van der Waals surface area contributed by atoms with E-state index < -0.39 is 0 Å². The maximum Gasteiger partial charge on any atom is 0.123 e. The SMILES string of the molecule is Cc1cc(F)ccc1CC(CSc1cccc(Br)c1)NN. The zero-order valence-corrected chi connectivity index (χ0v) is 14.2. The highest BCUT2D eigenvalue weighted by Crippen LogP contribution is 2.23. The maximum absolute atomic E-state index is 13.1. The maximum atomic E-state index is 13.1. The van der Waals surface area contributed by atoms with Gasteiger partial charge in [0.05, 0.1) is 0 Å². The molecule has 0 aliphatic carbocycles. The molecule has 2 aromatic carbocycles. The molecule has 0 aromatic heterocycles. The predicted molar refractivity (Wildman–Crippen MR) is 90.8 cm³/mol. The topological polar surface area (TPSA) is 38.0 Å². The zero-order valence-electron chi connectivity index (χ0n) is 11.8. The van der Waals surface area contributed by atoms with Crippen LogP contribution in [0, 0.1) is 12.7 Å². The van der Waals surface area contributed by atoms with Crippen LogP contribution in [0.15, 0.2) is 51.8 Å². The van der Waals surface area contributed by atoms with Gasteiger partial charge in [-0.15, -0.1) is 11.8 Å². The fourth-order valence-corrected chi connectivity index (χ4v) is 3.62. The molecule has 2 rings (SSSR count). The van der Waals surface area contributed by atoms with Gasteiger partial charge in [-0.3, -0.25) is 11.3 Å². The molecule has 0 amide bonds. The van der Waals surface area contributed by atoms with E-state index >= 15 is 0 Å². The fourth-order valence-electron chi connectivity index (χ4n) is 2.07. The smallest absolute Gasteiger partial charge is 0.123 e. The Morgan fingerprint density at radius 3 is 2.76 bits per heavy atom. The third kappa shape index (κ3) is 5.11. The van der Waals surface area contributed by atoms with Gasteiger partial charge in [-0.25, -0.2) is 4.39 Å². The Bertz CT molecular complexity index is 607. The molecule has 0 saturated carbocycles. The molecule has 5 heteroatoms. The minimum atomic E-state index is -0.197. The Kier molecular flexibility index (Phi) is 6.23. The van der Waals surface area contributed by atoms with Gasteiger partial charge in [-0.05, 0) is 54.8 Å². The summed E-state index contributed by atoms with van der Waals surface area (Å²) >= 11 is 5.22. The molecule has 0 saturated heterocycles. The number of rotatable bonds is 6. The first kappa shape index (κ1) is 16.5. The highest BCUT2D eigenvalue weighted by Gasteiger charge is 2.11. The van der Waals surface area contributed by atoms with Crippen LogP contribution in [-0.4, -0.2) is 11.8 Å². The second-order valence-electron chi connectivity index (χ2n) is 4.91. The first-order valence-corrected chi connectivity index (χ1v) is 8.46. The molecule has 0 bridgehead atoms. The van der Waals surface area contributed by atoms with Gasteiger partial charge in [0.1, 0.15) is 5.82 Å². The van der Waals surface area contributed by atoms with Crippen LogP contribution < -0.4 is 11.3 Å². The van der Waals surface area contributed by atoms with Crippen molar-refractivity contribution in [2.75, 3.05) is 5.75 Å². The number of thioether (sulfide) groups is 1. The van der Waals surface area contributed by atoms with Gasteiger partial charge in [0, 0.05) is 21.2 Å². The molecule has 112 valence electrons. The molecule has 1 atom stereocenters. The molecule has 0 spiro atoms. The third-order valence-corrected chi connectivity index (χ3v) is 4.90. The number of halogens is 2. The van der Waals surface area contributed by atoms with E-state index in [1.807, 2.05) is 25.1 Å². The lowest BCUT2D eigenvalue weighted by molar-refractivity contribution is 0.572. The highest BCUT2D eigenvalue weighted by molar-refractivity contribution is 9.10.